The average molecular weight is 291 g/mol. The van der Waals surface area contributed by atoms with Gasteiger partial charge in [0.1, 0.15) is 23.0 Å². The van der Waals surface area contributed by atoms with Crippen molar-refractivity contribution in [2.75, 3.05) is 5.73 Å². The summed E-state index contributed by atoms with van der Waals surface area (Å²) >= 11 is 0. The fourth-order valence-electron chi connectivity index (χ4n) is 2.09. The van der Waals surface area contributed by atoms with E-state index < -0.39 is 0 Å². The molecule has 0 bridgehead atoms. The standard InChI is InChI=1S/C19H17NO2/c1-14-4-2-5-17(12-14)22-19-7-3-6-18(13-19)21-16-10-8-15(20)9-11-16/h2-13H,20H2,1H3. The maximum Gasteiger partial charge on any atom is 0.131 e. The Labute approximate surface area is 129 Å². The molecule has 0 fully saturated rings. The summed E-state index contributed by atoms with van der Waals surface area (Å²) in [4.78, 5) is 0. The minimum atomic E-state index is 0.712. The van der Waals surface area contributed by atoms with E-state index in [4.69, 9.17) is 15.2 Å². The van der Waals surface area contributed by atoms with Crippen LogP contribution in [0.2, 0.25) is 0 Å². The third-order valence-electron chi connectivity index (χ3n) is 3.15. The molecule has 0 aliphatic heterocycles. The smallest absolute Gasteiger partial charge is 0.131 e. The largest absolute Gasteiger partial charge is 0.457 e. The average Bonchev–Trinajstić information content (AvgIpc) is 2.50. The van der Waals surface area contributed by atoms with Crippen LogP contribution in [0.1, 0.15) is 5.56 Å². The van der Waals surface area contributed by atoms with Gasteiger partial charge >= 0.3 is 0 Å². The first-order chi connectivity index (χ1) is 10.7. The fraction of sp³-hybridized carbons (Fsp3) is 0.0526. The minimum absolute atomic E-state index is 0.712. The normalized spacial score (nSPS) is 10.2. The second-order valence-electron chi connectivity index (χ2n) is 5.06. The van der Waals surface area contributed by atoms with Gasteiger partial charge in [-0.15, -0.1) is 0 Å². The highest BCUT2D eigenvalue weighted by Crippen LogP contribution is 2.28. The monoisotopic (exact) mass is 291 g/mol. The molecule has 0 saturated carbocycles. The Balaban J connectivity index is 1.76. The van der Waals surface area contributed by atoms with Gasteiger partial charge in [0.05, 0.1) is 0 Å². The Bertz CT molecular complexity index is 766. The SMILES string of the molecule is Cc1cccc(Oc2cccc(Oc3ccc(N)cc3)c2)c1. The van der Waals surface area contributed by atoms with Crippen molar-refractivity contribution in [2.24, 2.45) is 0 Å². The van der Waals surface area contributed by atoms with E-state index in [9.17, 15) is 0 Å². The Morgan fingerprint density at radius 1 is 0.636 bits per heavy atom. The molecule has 3 rings (SSSR count). The molecule has 0 aromatic heterocycles. The van der Waals surface area contributed by atoms with Crippen molar-refractivity contribution in [2.45, 2.75) is 6.92 Å². The Hall–Kier alpha value is -2.94. The number of ether oxygens (including phenoxy) is 2. The van der Waals surface area contributed by atoms with E-state index >= 15 is 0 Å². The predicted octanol–water partition coefficient (Wildman–Crippen LogP) is 5.16. The first kappa shape index (κ1) is 14.0. The van der Waals surface area contributed by atoms with Crippen LogP contribution in [-0.2, 0) is 0 Å². The number of hydrogen-bond donors (Lipinski definition) is 1. The fourth-order valence-corrected chi connectivity index (χ4v) is 2.09. The maximum atomic E-state index is 5.86. The second kappa shape index (κ2) is 6.22. The van der Waals surface area contributed by atoms with Crippen molar-refractivity contribution in [1.29, 1.82) is 0 Å². The number of nitrogens with two attached hydrogens (primary N) is 1. The molecule has 0 aliphatic carbocycles. The van der Waals surface area contributed by atoms with Gasteiger partial charge in [-0.05, 0) is 61.0 Å². The molecule has 22 heavy (non-hydrogen) atoms. The molecule has 0 spiro atoms. The topological polar surface area (TPSA) is 44.5 Å². The lowest BCUT2D eigenvalue weighted by atomic mass is 10.2. The van der Waals surface area contributed by atoms with E-state index in [1.807, 2.05) is 79.7 Å². The Morgan fingerprint density at radius 2 is 1.18 bits per heavy atom. The van der Waals surface area contributed by atoms with Crippen LogP contribution < -0.4 is 15.2 Å². The van der Waals surface area contributed by atoms with Gasteiger partial charge in [-0.3, -0.25) is 0 Å². The van der Waals surface area contributed by atoms with E-state index in [2.05, 4.69) is 0 Å². The zero-order chi connectivity index (χ0) is 15.4. The molecular weight excluding hydrogens is 274 g/mol. The predicted molar refractivity (Wildman–Crippen MR) is 88.6 cm³/mol. The van der Waals surface area contributed by atoms with Crippen molar-refractivity contribution in [3.8, 4) is 23.0 Å². The molecule has 0 amide bonds. The van der Waals surface area contributed by atoms with Gasteiger partial charge in [0, 0.05) is 11.8 Å². The molecule has 0 saturated heterocycles. The molecule has 0 heterocycles. The molecule has 0 radical (unpaired) electrons. The summed E-state index contributed by atoms with van der Waals surface area (Å²) in [5.74, 6) is 3.00. The zero-order valence-corrected chi connectivity index (χ0v) is 12.3. The molecule has 3 aromatic rings. The number of anilines is 1. The van der Waals surface area contributed by atoms with E-state index in [1.165, 1.54) is 0 Å². The summed E-state index contributed by atoms with van der Waals surface area (Å²) in [6.07, 6.45) is 0. The van der Waals surface area contributed by atoms with Gasteiger partial charge in [0.25, 0.3) is 0 Å². The summed E-state index contributed by atoms with van der Waals surface area (Å²) in [6.45, 7) is 2.04. The first-order valence-electron chi connectivity index (χ1n) is 7.07. The molecule has 3 nitrogen and oxygen atoms in total. The number of hydrogen-bond acceptors (Lipinski definition) is 3. The molecule has 110 valence electrons. The Kier molecular flexibility index (Phi) is 3.97. The summed E-state index contributed by atoms with van der Waals surface area (Å²) in [7, 11) is 0. The number of benzene rings is 3. The van der Waals surface area contributed by atoms with Crippen LogP contribution in [0, 0.1) is 6.92 Å². The summed E-state index contributed by atoms with van der Waals surface area (Å²) in [5.41, 5.74) is 7.54. The molecule has 0 atom stereocenters. The van der Waals surface area contributed by atoms with Crippen molar-refractivity contribution >= 4 is 5.69 Å². The van der Waals surface area contributed by atoms with E-state index in [1.54, 1.807) is 0 Å². The van der Waals surface area contributed by atoms with Crippen LogP contribution in [0.15, 0.2) is 72.8 Å². The second-order valence-corrected chi connectivity index (χ2v) is 5.06. The molecule has 0 unspecified atom stereocenters. The van der Waals surface area contributed by atoms with Crippen LogP contribution in [-0.4, -0.2) is 0 Å². The van der Waals surface area contributed by atoms with Gasteiger partial charge in [-0.25, -0.2) is 0 Å². The zero-order valence-electron chi connectivity index (χ0n) is 12.3. The lowest BCUT2D eigenvalue weighted by Crippen LogP contribution is -1.88. The molecule has 0 aliphatic rings. The number of aryl methyl sites for hydroxylation is 1. The minimum Gasteiger partial charge on any atom is -0.457 e. The third-order valence-corrected chi connectivity index (χ3v) is 3.15. The van der Waals surface area contributed by atoms with Crippen LogP contribution in [0.3, 0.4) is 0 Å². The van der Waals surface area contributed by atoms with Crippen LogP contribution in [0.5, 0.6) is 23.0 Å². The van der Waals surface area contributed by atoms with E-state index in [0.717, 1.165) is 28.6 Å². The first-order valence-corrected chi connectivity index (χ1v) is 7.07. The third kappa shape index (κ3) is 3.58. The highest BCUT2D eigenvalue weighted by atomic mass is 16.5. The lowest BCUT2D eigenvalue weighted by Gasteiger charge is -2.09. The summed E-state index contributed by atoms with van der Waals surface area (Å²) in [5, 5.41) is 0. The van der Waals surface area contributed by atoms with Crippen molar-refractivity contribution in [3.63, 3.8) is 0 Å². The molecule has 2 N–H and O–H groups in total. The maximum absolute atomic E-state index is 5.86. The van der Waals surface area contributed by atoms with Gasteiger partial charge in [-0.1, -0.05) is 18.2 Å². The summed E-state index contributed by atoms with van der Waals surface area (Å²) in [6, 6.07) is 22.8. The van der Waals surface area contributed by atoms with E-state index in [-0.39, 0.29) is 0 Å². The van der Waals surface area contributed by atoms with Gasteiger partial charge in [0.15, 0.2) is 0 Å². The number of nitrogen functional groups attached to an aromatic ring is 1. The van der Waals surface area contributed by atoms with Gasteiger partial charge < -0.3 is 15.2 Å². The highest BCUT2D eigenvalue weighted by molar-refractivity contribution is 5.44. The lowest BCUT2D eigenvalue weighted by molar-refractivity contribution is 0.460. The van der Waals surface area contributed by atoms with Gasteiger partial charge in [-0.2, -0.15) is 0 Å². The van der Waals surface area contributed by atoms with E-state index in [0.29, 0.717) is 5.69 Å². The molecule has 3 heteroatoms. The number of rotatable bonds is 4. The van der Waals surface area contributed by atoms with Crippen molar-refractivity contribution < 1.29 is 9.47 Å². The highest BCUT2D eigenvalue weighted by Gasteiger charge is 2.02. The van der Waals surface area contributed by atoms with Crippen LogP contribution in [0.4, 0.5) is 5.69 Å². The van der Waals surface area contributed by atoms with Crippen molar-refractivity contribution in [1.82, 2.24) is 0 Å². The molecular formula is C19H17NO2. The van der Waals surface area contributed by atoms with Gasteiger partial charge in [0.2, 0.25) is 0 Å². The summed E-state index contributed by atoms with van der Waals surface area (Å²) < 4.78 is 11.7. The van der Waals surface area contributed by atoms with Crippen molar-refractivity contribution in [3.05, 3.63) is 78.4 Å². The molecule has 3 aromatic carbocycles. The Morgan fingerprint density at radius 3 is 1.82 bits per heavy atom. The van der Waals surface area contributed by atoms with Crippen LogP contribution >= 0.6 is 0 Å². The quantitative estimate of drug-likeness (QED) is 0.675. The van der Waals surface area contributed by atoms with Crippen LogP contribution in [0.25, 0.3) is 0 Å².